The lowest BCUT2D eigenvalue weighted by Crippen LogP contribution is -2.25. The maximum atomic E-state index is 12.0. The molecule has 0 aliphatic rings. The number of anilines is 1. The van der Waals surface area contributed by atoms with Crippen LogP contribution in [0, 0.1) is 0 Å². The quantitative estimate of drug-likeness (QED) is 0.562. The van der Waals surface area contributed by atoms with E-state index in [2.05, 4.69) is 33.9 Å². The monoisotopic (exact) mass is 271 g/mol. The van der Waals surface area contributed by atoms with Crippen LogP contribution in [-0.2, 0) is 13.0 Å². The fourth-order valence-electron chi connectivity index (χ4n) is 1.87. The molecular formula is C14H17N5O. The second-order valence-corrected chi connectivity index (χ2v) is 4.25. The number of nitrogen functional groups attached to an aromatic ring is 1. The SMILES string of the molecule is CCc1ccccc1CNC(=O)c1ccc(NN)nn1. The maximum Gasteiger partial charge on any atom is 0.272 e. The summed E-state index contributed by atoms with van der Waals surface area (Å²) >= 11 is 0. The van der Waals surface area contributed by atoms with Crippen molar-refractivity contribution < 1.29 is 4.79 Å². The summed E-state index contributed by atoms with van der Waals surface area (Å²) in [5, 5.41) is 10.4. The Labute approximate surface area is 117 Å². The number of nitrogens with zero attached hydrogens (tertiary/aromatic N) is 2. The van der Waals surface area contributed by atoms with Crippen molar-refractivity contribution in [3.63, 3.8) is 0 Å². The molecule has 0 fully saturated rings. The Morgan fingerprint density at radius 2 is 1.90 bits per heavy atom. The zero-order valence-electron chi connectivity index (χ0n) is 11.3. The van der Waals surface area contributed by atoms with Crippen molar-refractivity contribution in [1.82, 2.24) is 15.5 Å². The van der Waals surface area contributed by atoms with E-state index in [1.165, 1.54) is 5.56 Å². The van der Waals surface area contributed by atoms with Gasteiger partial charge in [-0.2, -0.15) is 0 Å². The molecular weight excluding hydrogens is 254 g/mol. The summed E-state index contributed by atoms with van der Waals surface area (Å²) in [7, 11) is 0. The molecule has 0 unspecified atom stereocenters. The molecule has 2 rings (SSSR count). The van der Waals surface area contributed by atoms with Gasteiger partial charge in [-0.3, -0.25) is 4.79 Å². The fraction of sp³-hybridized carbons (Fsp3) is 0.214. The molecule has 6 heteroatoms. The van der Waals surface area contributed by atoms with Gasteiger partial charge in [-0.1, -0.05) is 31.2 Å². The van der Waals surface area contributed by atoms with E-state index in [-0.39, 0.29) is 11.6 Å². The van der Waals surface area contributed by atoms with Crippen molar-refractivity contribution >= 4 is 11.7 Å². The van der Waals surface area contributed by atoms with Crippen LogP contribution in [0.1, 0.15) is 28.5 Å². The lowest BCUT2D eigenvalue weighted by atomic mass is 10.1. The number of hydrogen-bond acceptors (Lipinski definition) is 5. The van der Waals surface area contributed by atoms with E-state index in [0.29, 0.717) is 12.4 Å². The first-order valence-electron chi connectivity index (χ1n) is 6.40. The van der Waals surface area contributed by atoms with Crippen LogP contribution in [0.5, 0.6) is 0 Å². The Balaban J connectivity index is 2.01. The van der Waals surface area contributed by atoms with Gasteiger partial charge in [-0.05, 0) is 29.7 Å². The summed E-state index contributed by atoms with van der Waals surface area (Å²) in [6.07, 6.45) is 0.933. The smallest absolute Gasteiger partial charge is 0.272 e. The van der Waals surface area contributed by atoms with E-state index in [9.17, 15) is 4.79 Å². The number of aryl methyl sites for hydroxylation is 1. The zero-order chi connectivity index (χ0) is 14.4. The predicted molar refractivity (Wildman–Crippen MR) is 76.8 cm³/mol. The van der Waals surface area contributed by atoms with Crippen LogP contribution in [0.2, 0.25) is 0 Å². The number of aromatic nitrogens is 2. The van der Waals surface area contributed by atoms with Crippen LogP contribution >= 0.6 is 0 Å². The number of hydrazine groups is 1. The molecule has 0 saturated carbocycles. The highest BCUT2D eigenvalue weighted by molar-refractivity contribution is 5.92. The molecule has 2 aromatic rings. The number of nitrogens with two attached hydrogens (primary N) is 1. The van der Waals surface area contributed by atoms with E-state index in [4.69, 9.17) is 5.84 Å². The summed E-state index contributed by atoms with van der Waals surface area (Å²) < 4.78 is 0. The Morgan fingerprint density at radius 3 is 2.50 bits per heavy atom. The normalized spacial score (nSPS) is 10.1. The lowest BCUT2D eigenvalue weighted by molar-refractivity contribution is 0.0945. The van der Waals surface area contributed by atoms with Gasteiger partial charge in [-0.25, -0.2) is 5.84 Å². The van der Waals surface area contributed by atoms with Crippen LogP contribution in [-0.4, -0.2) is 16.1 Å². The van der Waals surface area contributed by atoms with E-state index < -0.39 is 0 Å². The van der Waals surface area contributed by atoms with Crippen LogP contribution in [0.3, 0.4) is 0 Å². The van der Waals surface area contributed by atoms with Gasteiger partial charge in [0.25, 0.3) is 5.91 Å². The number of carbonyl (C=O) groups excluding carboxylic acids is 1. The van der Waals surface area contributed by atoms with Gasteiger partial charge in [0.05, 0.1) is 0 Å². The van der Waals surface area contributed by atoms with Gasteiger partial charge >= 0.3 is 0 Å². The third-order valence-electron chi connectivity index (χ3n) is 2.98. The Hall–Kier alpha value is -2.47. The Bertz CT molecular complexity index is 582. The topological polar surface area (TPSA) is 92.9 Å². The molecule has 104 valence electrons. The highest BCUT2D eigenvalue weighted by atomic mass is 16.1. The largest absolute Gasteiger partial charge is 0.347 e. The molecule has 20 heavy (non-hydrogen) atoms. The van der Waals surface area contributed by atoms with E-state index >= 15 is 0 Å². The van der Waals surface area contributed by atoms with Crippen molar-refractivity contribution in [3.8, 4) is 0 Å². The van der Waals surface area contributed by atoms with Crippen molar-refractivity contribution in [2.24, 2.45) is 5.84 Å². The molecule has 1 aromatic heterocycles. The van der Waals surface area contributed by atoms with Crippen molar-refractivity contribution in [2.45, 2.75) is 19.9 Å². The Morgan fingerprint density at radius 1 is 1.15 bits per heavy atom. The van der Waals surface area contributed by atoms with Gasteiger partial charge in [0.2, 0.25) is 0 Å². The average molecular weight is 271 g/mol. The van der Waals surface area contributed by atoms with E-state index in [0.717, 1.165) is 12.0 Å². The lowest BCUT2D eigenvalue weighted by Gasteiger charge is -2.09. The second-order valence-electron chi connectivity index (χ2n) is 4.25. The highest BCUT2D eigenvalue weighted by Crippen LogP contribution is 2.09. The average Bonchev–Trinajstić information content (AvgIpc) is 2.53. The number of benzene rings is 1. The minimum Gasteiger partial charge on any atom is -0.347 e. The minimum atomic E-state index is -0.257. The third kappa shape index (κ3) is 3.30. The van der Waals surface area contributed by atoms with Crippen LogP contribution in [0.4, 0.5) is 5.82 Å². The van der Waals surface area contributed by atoms with Crippen LogP contribution < -0.4 is 16.6 Å². The minimum absolute atomic E-state index is 0.257. The van der Waals surface area contributed by atoms with Crippen LogP contribution in [0.15, 0.2) is 36.4 Å². The molecule has 1 aromatic carbocycles. The first-order chi connectivity index (χ1) is 9.74. The van der Waals surface area contributed by atoms with Crippen molar-refractivity contribution in [2.75, 3.05) is 5.43 Å². The fourth-order valence-corrected chi connectivity index (χ4v) is 1.87. The standard InChI is InChI=1S/C14H17N5O/c1-2-10-5-3-4-6-11(10)9-16-14(20)12-7-8-13(17-15)19-18-12/h3-8H,2,9,15H2,1H3,(H,16,20)(H,17,19). The molecule has 0 aliphatic carbocycles. The summed E-state index contributed by atoms with van der Waals surface area (Å²) in [6.45, 7) is 2.56. The molecule has 1 amide bonds. The van der Waals surface area contributed by atoms with Gasteiger partial charge in [0, 0.05) is 6.54 Å². The Kier molecular flexibility index (Phi) is 4.62. The predicted octanol–water partition coefficient (Wildman–Crippen LogP) is 1.25. The molecule has 0 aliphatic heterocycles. The summed E-state index contributed by atoms with van der Waals surface area (Å²) in [5.41, 5.74) is 4.95. The second kappa shape index (κ2) is 6.63. The molecule has 6 nitrogen and oxygen atoms in total. The zero-order valence-corrected chi connectivity index (χ0v) is 11.3. The maximum absolute atomic E-state index is 12.0. The summed E-state index contributed by atoms with van der Waals surface area (Å²) in [4.78, 5) is 12.0. The molecule has 0 bridgehead atoms. The van der Waals surface area contributed by atoms with Gasteiger partial charge < -0.3 is 10.7 Å². The number of amides is 1. The first-order valence-corrected chi connectivity index (χ1v) is 6.40. The molecule has 1 heterocycles. The highest BCUT2D eigenvalue weighted by Gasteiger charge is 2.08. The van der Waals surface area contributed by atoms with Gasteiger partial charge in [-0.15, -0.1) is 10.2 Å². The van der Waals surface area contributed by atoms with Crippen LogP contribution in [0.25, 0.3) is 0 Å². The van der Waals surface area contributed by atoms with Gasteiger partial charge in [0.15, 0.2) is 11.5 Å². The van der Waals surface area contributed by atoms with Gasteiger partial charge in [0.1, 0.15) is 0 Å². The summed E-state index contributed by atoms with van der Waals surface area (Å²) in [6, 6.07) is 11.2. The third-order valence-corrected chi connectivity index (χ3v) is 2.98. The molecule has 0 atom stereocenters. The summed E-state index contributed by atoms with van der Waals surface area (Å²) in [5.74, 6) is 5.35. The molecule has 0 radical (unpaired) electrons. The van der Waals surface area contributed by atoms with Crippen molar-refractivity contribution in [3.05, 3.63) is 53.2 Å². The number of carbonyl (C=O) groups is 1. The first kappa shape index (κ1) is 14.0. The number of rotatable bonds is 5. The molecule has 0 spiro atoms. The number of nitrogens with one attached hydrogen (secondary N) is 2. The molecule has 4 N–H and O–H groups in total. The number of hydrogen-bond donors (Lipinski definition) is 3. The molecule has 0 saturated heterocycles. The van der Waals surface area contributed by atoms with Crippen molar-refractivity contribution in [1.29, 1.82) is 0 Å². The van der Waals surface area contributed by atoms with E-state index in [1.807, 2.05) is 18.2 Å². The van der Waals surface area contributed by atoms with E-state index in [1.54, 1.807) is 12.1 Å².